The van der Waals surface area contributed by atoms with Gasteiger partial charge < -0.3 is 34.3 Å². The predicted octanol–water partition coefficient (Wildman–Crippen LogP) is 7.44. The van der Waals surface area contributed by atoms with Crippen molar-refractivity contribution in [1.82, 2.24) is 9.55 Å². The second kappa shape index (κ2) is 16.8. The lowest BCUT2D eigenvalue weighted by molar-refractivity contribution is -0.136. The summed E-state index contributed by atoms with van der Waals surface area (Å²) >= 11 is 5.99. The molecule has 12 heteroatoms. The number of aliphatic carboxylic acids is 1. The molecule has 45 heavy (non-hydrogen) atoms. The molecule has 5 rings (SSSR count). The molecule has 0 amide bonds. The molecule has 0 saturated heterocycles. The summed E-state index contributed by atoms with van der Waals surface area (Å²) in [7, 11) is 1.92. The summed E-state index contributed by atoms with van der Waals surface area (Å²) < 4.78 is 20.2. The van der Waals surface area contributed by atoms with Crippen LogP contribution in [-0.4, -0.2) is 38.9 Å². The normalized spacial score (nSPS) is 10.5. The minimum atomic E-state index is -0.872. The zero-order valence-electron chi connectivity index (χ0n) is 24.4. The second-order valence-electron chi connectivity index (χ2n) is 9.88. The third-order valence-corrected chi connectivity index (χ3v) is 7.03. The highest BCUT2D eigenvalue weighted by Gasteiger charge is 2.13. The van der Waals surface area contributed by atoms with Crippen molar-refractivity contribution >= 4 is 59.1 Å². The van der Waals surface area contributed by atoms with Crippen molar-refractivity contribution in [3.8, 4) is 23.0 Å². The van der Waals surface area contributed by atoms with Gasteiger partial charge in [-0.3, -0.25) is 4.79 Å². The van der Waals surface area contributed by atoms with E-state index >= 15 is 0 Å². The smallest absolute Gasteiger partial charge is 0.303 e. The van der Waals surface area contributed by atoms with Crippen molar-refractivity contribution < 1.29 is 29.2 Å². The third-order valence-electron chi connectivity index (χ3n) is 6.78. The number of imidazole rings is 1. The Morgan fingerprint density at radius 3 is 2.42 bits per heavy atom. The van der Waals surface area contributed by atoms with Gasteiger partial charge >= 0.3 is 5.97 Å². The number of carbonyl (C=O) groups is 1. The van der Waals surface area contributed by atoms with Crippen LogP contribution in [0.5, 0.6) is 23.0 Å². The maximum absolute atomic E-state index is 11.2. The maximum atomic E-state index is 11.2. The highest BCUT2D eigenvalue weighted by molar-refractivity contribution is 6.30. The van der Waals surface area contributed by atoms with Crippen molar-refractivity contribution in [3.63, 3.8) is 0 Å². The van der Waals surface area contributed by atoms with Crippen LogP contribution in [0.2, 0.25) is 5.02 Å². The van der Waals surface area contributed by atoms with Gasteiger partial charge in [-0.1, -0.05) is 35.9 Å². The molecule has 1 aromatic heterocycles. The summed E-state index contributed by atoms with van der Waals surface area (Å²) in [5.74, 6) is 2.34. The molecular weight excluding hydrogens is 641 g/mol. The Balaban J connectivity index is 0.00000276. The van der Waals surface area contributed by atoms with E-state index in [2.05, 4.69) is 5.32 Å². The number of nitrogens with one attached hydrogen (secondary N) is 1. The Bertz CT molecular complexity index is 1710. The van der Waals surface area contributed by atoms with Crippen LogP contribution in [-0.2, 0) is 31.5 Å². The first kappa shape index (κ1) is 35.3. The van der Waals surface area contributed by atoms with Gasteiger partial charge in [0.05, 0.1) is 17.6 Å². The van der Waals surface area contributed by atoms with E-state index in [1.165, 1.54) is 0 Å². The number of benzene rings is 4. The summed E-state index contributed by atoms with van der Waals surface area (Å²) in [5.41, 5.74) is 4.29. The number of hydrogen-bond acceptors (Lipinski definition) is 7. The lowest BCUT2D eigenvalue weighted by Gasteiger charge is -2.14. The molecule has 0 aliphatic rings. The highest BCUT2D eigenvalue weighted by atomic mass is 35.5. The third kappa shape index (κ3) is 9.67. The SMILES string of the molecule is Cl.Cl.Cn1c(COc2ccc(CCC(=O)O)c(OCc3ccc(Cl)cc3)c2)nc2ccc(Oc3cccc(NCCO)c3)cc21. The number of fused-ring (bicyclic) bond motifs is 1. The highest BCUT2D eigenvalue weighted by Crippen LogP contribution is 2.30. The number of halogens is 3. The maximum Gasteiger partial charge on any atom is 0.303 e. The van der Waals surface area contributed by atoms with Crippen LogP contribution >= 0.6 is 36.4 Å². The van der Waals surface area contributed by atoms with Crippen molar-refractivity contribution in [2.24, 2.45) is 7.05 Å². The van der Waals surface area contributed by atoms with Crippen LogP contribution in [0.1, 0.15) is 23.4 Å². The molecule has 0 radical (unpaired) electrons. The molecule has 3 N–H and O–H groups in total. The van der Waals surface area contributed by atoms with E-state index in [4.69, 9.17) is 35.9 Å². The van der Waals surface area contributed by atoms with Gasteiger partial charge in [0.1, 0.15) is 42.0 Å². The number of aliphatic hydroxyl groups is 1. The standard InChI is InChI=1S/C33H32ClN3O6.2ClH/c1-37-30-18-28(43-27-4-2-3-25(17-27)35-15-16-38)12-13-29(30)36-32(37)21-41-26-11-7-23(8-14-33(39)40)31(19-26)42-20-22-5-9-24(34)10-6-22;;/h2-7,9-13,17-19,35,38H,8,14-16,20-21H2,1H3,(H,39,40);2*1H. The summed E-state index contributed by atoms with van der Waals surface area (Å²) in [6.07, 6.45) is 0.333. The average molecular weight is 675 g/mol. The molecule has 0 fully saturated rings. The Labute approximate surface area is 278 Å². The molecule has 0 saturated carbocycles. The number of aromatic nitrogens is 2. The monoisotopic (exact) mass is 673 g/mol. The van der Waals surface area contributed by atoms with Gasteiger partial charge in [-0.2, -0.15) is 0 Å². The number of aliphatic hydroxyl groups excluding tert-OH is 1. The van der Waals surface area contributed by atoms with Crippen LogP contribution in [0.3, 0.4) is 0 Å². The first-order chi connectivity index (χ1) is 20.9. The van der Waals surface area contributed by atoms with Gasteiger partial charge in [0, 0.05) is 48.9 Å². The summed E-state index contributed by atoms with van der Waals surface area (Å²) in [5, 5.41) is 22.0. The number of nitrogens with zero attached hydrogens (tertiary/aromatic N) is 2. The number of carboxylic acids is 1. The number of ether oxygens (including phenoxy) is 3. The molecule has 1 heterocycles. The molecule has 4 aromatic carbocycles. The largest absolute Gasteiger partial charge is 0.488 e. The van der Waals surface area contributed by atoms with Crippen molar-refractivity contribution in [2.45, 2.75) is 26.1 Å². The van der Waals surface area contributed by atoms with E-state index in [9.17, 15) is 9.90 Å². The fourth-order valence-corrected chi connectivity index (χ4v) is 4.64. The van der Waals surface area contributed by atoms with E-state index in [-0.39, 0.29) is 44.4 Å². The molecule has 0 aliphatic heterocycles. The van der Waals surface area contributed by atoms with E-state index in [1.54, 1.807) is 18.2 Å². The Kier molecular flexibility index (Phi) is 13.2. The molecule has 0 bridgehead atoms. The molecule has 9 nitrogen and oxygen atoms in total. The lowest BCUT2D eigenvalue weighted by atomic mass is 10.1. The Morgan fingerprint density at radius 2 is 1.67 bits per heavy atom. The van der Waals surface area contributed by atoms with Crippen molar-refractivity contribution in [3.05, 3.63) is 107 Å². The molecule has 0 atom stereocenters. The number of rotatable bonds is 14. The van der Waals surface area contributed by atoms with Gasteiger partial charge in [-0.15, -0.1) is 24.8 Å². The Morgan fingerprint density at radius 1 is 0.911 bits per heavy atom. The quantitative estimate of drug-likeness (QED) is 0.111. The second-order valence-corrected chi connectivity index (χ2v) is 10.3. The average Bonchev–Trinajstić information content (AvgIpc) is 3.32. The van der Waals surface area contributed by atoms with Gasteiger partial charge in [0.25, 0.3) is 0 Å². The van der Waals surface area contributed by atoms with Gasteiger partial charge in [0.2, 0.25) is 0 Å². The fourth-order valence-electron chi connectivity index (χ4n) is 4.51. The minimum absolute atomic E-state index is 0. The van der Waals surface area contributed by atoms with Crippen molar-refractivity contribution in [1.29, 1.82) is 0 Å². The number of hydrogen-bond donors (Lipinski definition) is 3. The lowest BCUT2D eigenvalue weighted by Crippen LogP contribution is -2.05. The van der Waals surface area contributed by atoms with E-state index < -0.39 is 5.97 Å². The zero-order chi connectivity index (χ0) is 30.2. The molecule has 0 aliphatic carbocycles. The van der Waals surface area contributed by atoms with Gasteiger partial charge in [-0.25, -0.2) is 4.98 Å². The predicted molar refractivity (Wildman–Crippen MR) is 180 cm³/mol. The summed E-state index contributed by atoms with van der Waals surface area (Å²) in [4.78, 5) is 15.9. The number of carboxylic acid groups (broad SMARTS) is 1. The number of anilines is 1. The summed E-state index contributed by atoms with van der Waals surface area (Å²) in [6.45, 7) is 1.03. The van der Waals surface area contributed by atoms with Crippen LogP contribution in [0.15, 0.2) is 84.9 Å². The van der Waals surface area contributed by atoms with E-state index in [0.717, 1.165) is 33.7 Å². The summed E-state index contributed by atoms with van der Waals surface area (Å²) in [6, 6.07) is 26.1. The van der Waals surface area contributed by atoms with E-state index in [1.807, 2.05) is 78.3 Å². The zero-order valence-corrected chi connectivity index (χ0v) is 26.8. The van der Waals surface area contributed by atoms with Crippen molar-refractivity contribution in [2.75, 3.05) is 18.5 Å². The minimum Gasteiger partial charge on any atom is -0.488 e. The first-order valence-corrected chi connectivity index (χ1v) is 14.2. The fraction of sp³-hybridized carbons (Fsp3) is 0.212. The van der Waals surface area contributed by atoms with Gasteiger partial charge in [0.15, 0.2) is 0 Å². The van der Waals surface area contributed by atoms with Gasteiger partial charge in [-0.05, 0) is 60.0 Å². The van der Waals surface area contributed by atoms with Crippen LogP contribution < -0.4 is 19.5 Å². The topological polar surface area (TPSA) is 115 Å². The molecular formula is C33H34Cl3N3O6. The first-order valence-electron chi connectivity index (χ1n) is 13.8. The molecule has 5 aromatic rings. The molecule has 0 unspecified atom stereocenters. The molecule has 238 valence electrons. The Hall–Kier alpha value is -4.15. The van der Waals surface area contributed by atoms with E-state index in [0.29, 0.717) is 47.6 Å². The van der Waals surface area contributed by atoms with Crippen LogP contribution in [0.25, 0.3) is 11.0 Å². The number of aryl methyl sites for hydroxylation is 2. The molecule has 0 spiro atoms. The van der Waals surface area contributed by atoms with Crippen LogP contribution in [0, 0.1) is 0 Å². The van der Waals surface area contributed by atoms with Crippen LogP contribution in [0.4, 0.5) is 5.69 Å².